The molecule has 4 unspecified atom stereocenters. The second-order valence-corrected chi connectivity index (χ2v) is 21.0. The van der Waals surface area contributed by atoms with E-state index in [1.165, 1.54) is 44.9 Å². The van der Waals surface area contributed by atoms with Crippen LogP contribution in [0.15, 0.2) is 5.18 Å². The van der Waals surface area contributed by atoms with Crippen LogP contribution < -0.4 is 5.32 Å². The van der Waals surface area contributed by atoms with E-state index in [4.69, 9.17) is 4.74 Å². The molecule has 2 heterocycles. The Morgan fingerprint density at radius 3 is 2.28 bits per heavy atom. The minimum atomic E-state index is -1.16. The summed E-state index contributed by atoms with van der Waals surface area (Å²) in [4.78, 5) is 52.6. The van der Waals surface area contributed by atoms with Gasteiger partial charge in [0.15, 0.2) is 0 Å². The first kappa shape index (κ1) is 36.5. The van der Waals surface area contributed by atoms with Crippen molar-refractivity contribution in [2.75, 3.05) is 13.1 Å². The van der Waals surface area contributed by atoms with Crippen LogP contribution in [0.4, 0.5) is 0 Å². The van der Waals surface area contributed by atoms with Crippen LogP contribution in [0.5, 0.6) is 0 Å². The smallest absolute Gasteiger partial charge is 0.307 e. The monoisotopic (exact) mass is 694 g/mol. The van der Waals surface area contributed by atoms with Gasteiger partial charge in [0.2, 0.25) is 5.91 Å². The van der Waals surface area contributed by atoms with Gasteiger partial charge in [0.25, 0.3) is 5.91 Å². The summed E-state index contributed by atoms with van der Waals surface area (Å²) in [6.07, 6.45) is 13.2. The maximum Gasteiger partial charge on any atom is 0.307 e. The molecular formula is C42H67N3O5. The van der Waals surface area contributed by atoms with Crippen molar-refractivity contribution in [3.8, 4) is 0 Å². The van der Waals surface area contributed by atoms with Gasteiger partial charge in [-0.2, -0.15) is 0 Å². The van der Waals surface area contributed by atoms with Crippen LogP contribution in [0.25, 0.3) is 0 Å². The van der Waals surface area contributed by atoms with Crippen LogP contribution in [0.3, 0.4) is 0 Å². The average molecular weight is 694 g/mol. The molecule has 0 radical (unpaired) electrons. The first-order chi connectivity index (χ1) is 23.3. The Morgan fingerprint density at radius 2 is 1.64 bits per heavy atom. The molecule has 0 aromatic carbocycles. The molecule has 7 fully saturated rings. The molecule has 2 bridgehead atoms. The first-order valence-electron chi connectivity index (χ1n) is 20.4. The standard InChI is InChI=1S/C42H67N3O5/c1-25(2)28-12-17-42(21-33(46)45-24-26-20-27(45)23-43-26)19-18-40(8)29(35(28)42)10-11-31-39(7)15-14-32(38(5,6)30(39)13-16-41(31,40)9)50-34(47)22-37(3,4)36(48)44-49/h25-32,35,43H,10-24H2,1-9H3/t26?,27?,28?,29-,30+,31-,32?,35-,39+,40-,41-,42-/m1/s1. The molecule has 0 aromatic rings. The Morgan fingerprint density at radius 1 is 0.900 bits per heavy atom. The molecule has 0 aromatic heterocycles. The Labute approximate surface area is 301 Å². The van der Waals surface area contributed by atoms with E-state index in [-0.39, 0.29) is 39.6 Å². The Bertz CT molecular complexity index is 1410. The summed E-state index contributed by atoms with van der Waals surface area (Å²) >= 11 is 0. The molecule has 1 N–H and O–H groups in total. The quantitative estimate of drug-likeness (QED) is 0.213. The molecule has 2 aliphatic heterocycles. The van der Waals surface area contributed by atoms with Gasteiger partial charge in [-0.1, -0.05) is 62.3 Å². The number of carbonyl (C=O) groups is 3. The van der Waals surface area contributed by atoms with Crippen LogP contribution in [-0.2, 0) is 19.1 Å². The lowest BCUT2D eigenvalue weighted by molar-refractivity contribution is -0.252. The van der Waals surface area contributed by atoms with E-state index in [1.807, 2.05) is 0 Å². The lowest BCUT2D eigenvalue weighted by Gasteiger charge is -2.73. The summed E-state index contributed by atoms with van der Waals surface area (Å²) in [5.74, 6) is 2.91. The minimum absolute atomic E-state index is 0.130. The van der Waals surface area contributed by atoms with Gasteiger partial charge in [0, 0.05) is 42.2 Å². The van der Waals surface area contributed by atoms with E-state index in [0.717, 1.165) is 45.2 Å². The van der Waals surface area contributed by atoms with E-state index >= 15 is 0 Å². The Balaban J connectivity index is 1.12. The van der Waals surface area contributed by atoms with Crippen LogP contribution in [-0.4, -0.2) is 54.0 Å². The third kappa shape index (κ3) is 5.23. The zero-order chi connectivity index (χ0) is 36.2. The number of hydrogen-bond donors (Lipinski definition) is 1. The van der Waals surface area contributed by atoms with Crippen molar-refractivity contribution in [2.24, 2.45) is 73.2 Å². The van der Waals surface area contributed by atoms with Crippen molar-refractivity contribution in [2.45, 2.75) is 164 Å². The summed E-state index contributed by atoms with van der Waals surface area (Å²) in [5.41, 5.74) is -0.567. The van der Waals surface area contributed by atoms with Gasteiger partial charge in [-0.05, 0) is 128 Å². The van der Waals surface area contributed by atoms with Gasteiger partial charge in [0.1, 0.15) is 6.10 Å². The van der Waals surface area contributed by atoms with E-state index in [9.17, 15) is 19.3 Å². The van der Waals surface area contributed by atoms with Crippen molar-refractivity contribution in [1.29, 1.82) is 0 Å². The number of piperazine rings is 1. The molecule has 7 aliphatic rings. The predicted octanol–water partition coefficient (Wildman–Crippen LogP) is 8.31. The molecule has 12 atom stereocenters. The summed E-state index contributed by atoms with van der Waals surface area (Å²) < 4.78 is 6.21. The number of hydrogen-bond acceptors (Lipinski definition) is 6. The lowest BCUT2D eigenvalue weighted by Crippen LogP contribution is -2.67. The number of nitroso groups, excluding NO2 is 1. The average Bonchev–Trinajstić information content (AvgIpc) is 3.77. The summed E-state index contributed by atoms with van der Waals surface area (Å²) in [6, 6.07) is 0.906. The summed E-state index contributed by atoms with van der Waals surface area (Å²) in [7, 11) is 0. The van der Waals surface area contributed by atoms with Crippen LogP contribution >= 0.6 is 0 Å². The molecule has 2 saturated heterocycles. The fraction of sp³-hybridized carbons (Fsp3) is 0.929. The number of carbonyl (C=O) groups excluding carboxylic acids is 3. The van der Waals surface area contributed by atoms with E-state index < -0.39 is 17.3 Å². The van der Waals surface area contributed by atoms with Gasteiger partial charge in [-0.15, -0.1) is 4.91 Å². The van der Waals surface area contributed by atoms with Crippen molar-refractivity contribution >= 4 is 17.8 Å². The zero-order valence-electron chi connectivity index (χ0n) is 32.7. The maximum absolute atomic E-state index is 14.1. The van der Waals surface area contributed by atoms with Crippen molar-refractivity contribution in [3.05, 3.63) is 4.91 Å². The molecule has 5 saturated carbocycles. The van der Waals surface area contributed by atoms with Gasteiger partial charge in [-0.25, -0.2) is 0 Å². The highest BCUT2D eigenvalue weighted by Gasteiger charge is 2.71. The van der Waals surface area contributed by atoms with E-state index in [1.54, 1.807) is 13.8 Å². The fourth-order valence-electron chi connectivity index (χ4n) is 15.1. The number of rotatable bonds is 7. The third-order valence-electron chi connectivity index (χ3n) is 17.9. The van der Waals surface area contributed by atoms with Gasteiger partial charge in [0.05, 0.1) is 11.8 Å². The number of fused-ring (bicyclic) bond motifs is 9. The third-order valence-corrected chi connectivity index (χ3v) is 17.9. The highest BCUT2D eigenvalue weighted by Crippen LogP contribution is 2.78. The fourth-order valence-corrected chi connectivity index (χ4v) is 15.1. The number of nitrogens with one attached hydrogen (secondary N) is 1. The molecular weight excluding hydrogens is 626 g/mol. The predicted molar refractivity (Wildman–Crippen MR) is 195 cm³/mol. The van der Waals surface area contributed by atoms with Crippen LogP contribution in [0.2, 0.25) is 0 Å². The molecule has 2 amide bonds. The molecule has 50 heavy (non-hydrogen) atoms. The highest BCUT2D eigenvalue weighted by molar-refractivity contribution is 5.87. The molecule has 0 spiro atoms. The summed E-state index contributed by atoms with van der Waals surface area (Å²) in [6.45, 7) is 22.5. The maximum atomic E-state index is 14.1. The van der Waals surface area contributed by atoms with Crippen LogP contribution in [0, 0.1) is 72.9 Å². The molecule has 5 aliphatic carbocycles. The van der Waals surface area contributed by atoms with Crippen molar-refractivity contribution in [3.63, 3.8) is 0 Å². The van der Waals surface area contributed by atoms with Gasteiger partial charge < -0.3 is 15.0 Å². The number of ether oxygens (including phenoxy) is 1. The number of likely N-dealkylation sites (tertiary alicyclic amines) is 1. The molecule has 280 valence electrons. The topological polar surface area (TPSA) is 105 Å². The summed E-state index contributed by atoms with van der Waals surface area (Å²) in [5, 5.41) is 6.18. The van der Waals surface area contributed by atoms with Crippen molar-refractivity contribution in [1.82, 2.24) is 10.2 Å². The van der Waals surface area contributed by atoms with Crippen molar-refractivity contribution < 1.29 is 19.1 Å². The van der Waals surface area contributed by atoms with Gasteiger partial charge in [-0.3, -0.25) is 14.4 Å². The number of amides is 2. The van der Waals surface area contributed by atoms with E-state index in [0.29, 0.717) is 53.5 Å². The largest absolute Gasteiger partial charge is 0.462 e. The zero-order valence-corrected chi connectivity index (χ0v) is 32.7. The number of esters is 1. The second-order valence-electron chi connectivity index (χ2n) is 21.0. The Kier molecular flexibility index (Phi) is 8.84. The van der Waals surface area contributed by atoms with E-state index in [2.05, 4.69) is 63.9 Å². The molecule has 8 heteroatoms. The number of nitrogens with zero attached hydrogens (tertiary/aromatic N) is 2. The normalized spacial score (nSPS) is 46.1. The SMILES string of the molecule is CC(C)C1CC[C@]2(CC(=O)N3CC4CC3CN4)CC[C@]3(C)[C@H](CC[C@@H]4[C@@]5(C)CCC(OC(=O)CC(C)(C)C(=O)N=O)C(C)(C)[C@@H]5CC[C@]43C)[C@@H]12. The first-order valence-corrected chi connectivity index (χ1v) is 20.4. The van der Waals surface area contributed by atoms with Crippen LogP contribution in [0.1, 0.15) is 146 Å². The molecule has 7 rings (SSSR count). The molecule has 8 nitrogen and oxygen atoms in total. The highest BCUT2D eigenvalue weighted by atomic mass is 16.5. The second kappa shape index (κ2) is 12.1. The minimum Gasteiger partial charge on any atom is -0.462 e. The lowest BCUT2D eigenvalue weighted by atomic mass is 9.32. The Hall–Kier alpha value is -1.83. The van der Waals surface area contributed by atoms with Gasteiger partial charge >= 0.3 is 5.97 Å².